The summed E-state index contributed by atoms with van der Waals surface area (Å²) in [4.78, 5) is 11.7. The van der Waals surface area contributed by atoms with Crippen LogP contribution in [-0.2, 0) is 15.2 Å². The summed E-state index contributed by atoms with van der Waals surface area (Å²) >= 11 is 0. The highest BCUT2D eigenvalue weighted by Gasteiger charge is 2.44. The van der Waals surface area contributed by atoms with Gasteiger partial charge in [0.25, 0.3) is 0 Å². The molecule has 1 aliphatic carbocycles. The number of halogens is 1. The van der Waals surface area contributed by atoms with Gasteiger partial charge in [0.2, 0.25) is 0 Å². The molecule has 2 aromatic rings. The second kappa shape index (κ2) is 4.99. The highest BCUT2D eigenvalue weighted by molar-refractivity contribution is 5.80. The van der Waals surface area contributed by atoms with Gasteiger partial charge >= 0.3 is 5.97 Å². The van der Waals surface area contributed by atoms with Crippen LogP contribution in [-0.4, -0.2) is 12.6 Å². The van der Waals surface area contributed by atoms with E-state index in [2.05, 4.69) is 0 Å². The van der Waals surface area contributed by atoms with E-state index in [1.807, 2.05) is 36.4 Å². The first-order chi connectivity index (χ1) is 10.0. The lowest BCUT2D eigenvalue weighted by atomic mass is 9.94. The number of hydrogen-bond acceptors (Lipinski definition) is 2. The van der Waals surface area contributed by atoms with Gasteiger partial charge < -0.3 is 4.74 Å². The van der Waals surface area contributed by atoms with Crippen LogP contribution in [0.5, 0.6) is 0 Å². The Morgan fingerprint density at radius 3 is 2.00 bits per heavy atom. The number of benzene rings is 2. The van der Waals surface area contributed by atoms with Gasteiger partial charge in [0, 0.05) is 11.1 Å². The van der Waals surface area contributed by atoms with E-state index in [0.717, 1.165) is 11.1 Å². The Hall–Kier alpha value is -2.16. The van der Waals surface area contributed by atoms with Crippen molar-refractivity contribution in [3.05, 3.63) is 59.7 Å². The van der Waals surface area contributed by atoms with Crippen LogP contribution in [0.15, 0.2) is 48.5 Å². The van der Waals surface area contributed by atoms with Crippen molar-refractivity contribution < 1.29 is 13.9 Å². The van der Waals surface area contributed by atoms with Gasteiger partial charge in [0.15, 0.2) is 5.67 Å². The molecular formula is C18H17FO2. The average Bonchev–Trinajstić information content (AvgIpc) is 2.76. The van der Waals surface area contributed by atoms with E-state index in [-0.39, 0.29) is 18.5 Å². The Kier molecular flexibility index (Phi) is 3.28. The fourth-order valence-electron chi connectivity index (χ4n) is 2.76. The molecule has 108 valence electrons. The van der Waals surface area contributed by atoms with Crippen LogP contribution in [0.4, 0.5) is 4.39 Å². The number of rotatable bonds is 3. The van der Waals surface area contributed by atoms with Gasteiger partial charge in [0.1, 0.15) is 6.61 Å². The SMILES string of the molecule is CC(C)C(=O)OCC1(F)c2ccccc2-c2ccccc21. The first kappa shape index (κ1) is 13.8. The smallest absolute Gasteiger partial charge is 0.308 e. The lowest BCUT2D eigenvalue weighted by molar-refractivity contribution is -0.150. The zero-order valence-electron chi connectivity index (χ0n) is 12.1. The molecule has 0 bridgehead atoms. The molecule has 3 rings (SSSR count). The van der Waals surface area contributed by atoms with Gasteiger partial charge in [-0.1, -0.05) is 62.4 Å². The van der Waals surface area contributed by atoms with Gasteiger partial charge in [-0.05, 0) is 11.1 Å². The van der Waals surface area contributed by atoms with E-state index in [1.165, 1.54) is 0 Å². The zero-order valence-corrected chi connectivity index (χ0v) is 12.1. The molecule has 0 amide bonds. The Morgan fingerprint density at radius 1 is 1.05 bits per heavy atom. The number of esters is 1. The maximum absolute atomic E-state index is 15.6. The molecule has 1 aliphatic rings. The van der Waals surface area contributed by atoms with Crippen LogP contribution in [0.1, 0.15) is 25.0 Å². The Bertz CT molecular complexity index is 646. The molecule has 2 aromatic carbocycles. The molecule has 0 aliphatic heterocycles. The van der Waals surface area contributed by atoms with Gasteiger partial charge in [0.05, 0.1) is 5.92 Å². The van der Waals surface area contributed by atoms with Crippen molar-refractivity contribution in [3.63, 3.8) is 0 Å². The van der Waals surface area contributed by atoms with Crippen molar-refractivity contribution in [2.75, 3.05) is 6.61 Å². The normalized spacial score (nSPS) is 14.7. The van der Waals surface area contributed by atoms with Crippen molar-refractivity contribution in [1.82, 2.24) is 0 Å². The topological polar surface area (TPSA) is 26.3 Å². The highest BCUT2D eigenvalue weighted by Crippen LogP contribution is 2.49. The lowest BCUT2D eigenvalue weighted by Gasteiger charge is -2.23. The first-order valence-electron chi connectivity index (χ1n) is 7.09. The van der Waals surface area contributed by atoms with E-state index in [1.54, 1.807) is 26.0 Å². The molecule has 0 heterocycles. The number of ether oxygens (including phenoxy) is 1. The summed E-state index contributed by atoms with van der Waals surface area (Å²) in [6.07, 6.45) is 0. The molecule has 2 nitrogen and oxygen atoms in total. The first-order valence-corrected chi connectivity index (χ1v) is 7.09. The van der Waals surface area contributed by atoms with Crippen LogP contribution in [0, 0.1) is 5.92 Å². The molecule has 0 aromatic heterocycles. The van der Waals surface area contributed by atoms with Crippen LogP contribution in [0.3, 0.4) is 0 Å². The molecule has 0 radical (unpaired) electrons. The number of fused-ring (bicyclic) bond motifs is 3. The Labute approximate surface area is 123 Å². The predicted octanol–water partition coefficient (Wildman–Crippen LogP) is 4.08. The zero-order chi connectivity index (χ0) is 15.0. The highest BCUT2D eigenvalue weighted by atomic mass is 19.1. The molecular weight excluding hydrogens is 267 g/mol. The molecule has 0 saturated carbocycles. The summed E-state index contributed by atoms with van der Waals surface area (Å²) in [5.41, 5.74) is 1.12. The van der Waals surface area contributed by atoms with E-state index in [0.29, 0.717) is 11.1 Å². The third-order valence-electron chi connectivity index (χ3n) is 3.88. The molecule has 0 saturated heterocycles. The average molecular weight is 284 g/mol. The van der Waals surface area contributed by atoms with E-state index in [4.69, 9.17) is 4.74 Å². The van der Waals surface area contributed by atoms with Crippen molar-refractivity contribution in [1.29, 1.82) is 0 Å². The maximum Gasteiger partial charge on any atom is 0.308 e. The van der Waals surface area contributed by atoms with Gasteiger partial charge in [-0.15, -0.1) is 0 Å². The lowest BCUT2D eigenvalue weighted by Crippen LogP contribution is -2.28. The predicted molar refractivity (Wildman–Crippen MR) is 79.6 cm³/mol. The number of hydrogen-bond donors (Lipinski definition) is 0. The van der Waals surface area contributed by atoms with Crippen molar-refractivity contribution in [3.8, 4) is 11.1 Å². The van der Waals surface area contributed by atoms with E-state index < -0.39 is 5.67 Å². The molecule has 21 heavy (non-hydrogen) atoms. The number of carbonyl (C=O) groups is 1. The molecule has 0 fully saturated rings. The van der Waals surface area contributed by atoms with Gasteiger partial charge in [-0.25, -0.2) is 4.39 Å². The Balaban J connectivity index is 2.03. The third-order valence-corrected chi connectivity index (χ3v) is 3.88. The van der Waals surface area contributed by atoms with Crippen molar-refractivity contribution in [2.45, 2.75) is 19.5 Å². The van der Waals surface area contributed by atoms with E-state index in [9.17, 15) is 4.79 Å². The minimum atomic E-state index is -1.77. The second-order valence-corrected chi connectivity index (χ2v) is 5.65. The van der Waals surface area contributed by atoms with Crippen LogP contribution in [0.2, 0.25) is 0 Å². The van der Waals surface area contributed by atoms with Crippen LogP contribution < -0.4 is 0 Å². The number of carbonyl (C=O) groups excluding carboxylic acids is 1. The molecule has 0 spiro atoms. The molecule has 3 heteroatoms. The fraction of sp³-hybridized carbons (Fsp3) is 0.278. The summed E-state index contributed by atoms with van der Waals surface area (Å²) in [7, 11) is 0. The molecule has 0 N–H and O–H groups in total. The van der Waals surface area contributed by atoms with Crippen molar-refractivity contribution >= 4 is 5.97 Å². The summed E-state index contributed by atoms with van der Waals surface area (Å²) in [6, 6.07) is 14.7. The van der Waals surface area contributed by atoms with Crippen LogP contribution in [0.25, 0.3) is 11.1 Å². The van der Waals surface area contributed by atoms with Crippen LogP contribution >= 0.6 is 0 Å². The largest absolute Gasteiger partial charge is 0.461 e. The Morgan fingerprint density at radius 2 is 1.52 bits per heavy atom. The minimum absolute atomic E-state index is 0.263. The maximum atomic E-state index is 15.6. The van der Waals surface area contributed by atoms with Gasteiger partial charge in [-0.3, -0.25) is 4.79 Å². The summed E-state index contributed by atoms with van der Waals surface area (Å²) in [5.74, 6) is -0.644. The third kappa shape index (κ3) is 2.13. The standard InChI is InChI=1S/C18H17FO2/c1-12(2)17(20)21-11-18(19)15-9-5-3-7-13(15)14-8-4-6-10-16(14)18/h3-10,12H,11H2,1-2H3. The van der Waals surface area contributed by atoms with E-state index >= 15 is 4.39 Å². The summed E-state index contributed by atoms with van der Waals surface area (Å²) in [6.45, 7) is 3.20. The fourth-order valence-corrected chi connectivity index (χ4v) is 2.76. The molecule has 0 atom stereocenters. The summed E-state index contributed by atoms with van der Waals surface area (Å²) < 4.78 is 20.8. The quantitative estimate of drug-likeness (QED) is 0.794. The monoisotopic (exact) mass is 284 g/mol. The van der Waals surface area contributed by atoms with Gasteiger partial charge in [-0.2, -0.15) is 0 Å². The number of alkyl halides is 1. The second-order valence-electron chi connectivity index (χ2n) is 5.65. The minimum Gasteiger partial charge on any atom is -0.461 e. The summed E-state index contributed by atoms with van der Waals surface area (Å²) in [5, 5.41) is 0. The molecule has 0 unspecified atom stereocenters. The van der Waals surface area contributed by atoms with Crippen molar-refractivity contribution in [2.24, 2.45) is 5.92 Å².